The van der Waals surface area contributed by atoms with E-state index in [1.54, 1.807) is 6.33 Å². The molecule has 4 rings (SSSR count). The molecule has 9 nitrogen and oxygen atoms in total. The zero-order valence-corrected chi connectivity index (χ0v) is 16.3. The third kappa shape index (κ3) is 3.52. The van der Waals surface area contributed by atoms with Crippen molar-refractivity contribution in [2.24, 2.45) is 0 Å². The van der Waals surface area contributed by atoms with Crippen molar-refractivity contribution in [3.63, 3.8) is 0 Å². The lowest BCUT2D eigenvalue weighted by molar-refractivity contribution is -0.180. The lowest BCUT2D eigenvalue weighted by Gasteiger charge is -2.38. The molecule has 2 aliphatic rings. The van der Waals surface area contributed by atoms with Gasteiger partial charge in [-0.25, -0.2) is 15.0 Å². The second kappa shape index (κ2) is 6.97. The predicted octanol–water partition coefficient (Wildman–Crippen LogP) is 1.56. The summed E-state index contributed by atoms with van der Waals surface area (Å²) in [6.45, 7) is 7.91. The summed E-state index contributed by atoms with van der Waals surface area (Å²) in [7, 11) is 2.12. The van der Waals surface area contributed by atoms with Crippen LogP contribution in [0.15, 0.2) is 12.7 Å². The average molecular weight is 376 g/mol. The van der Waals surface area contributed by atoms with Gasteiger partial charge >= 0.3 is 0 Å². The molecule has 27 heavy (non-hydrogen) atoms. The number of anilines is 1. The maximum atomic E-state index is 6.48. The van der Waals surface area contributed by atoms with Crippen LogP contribution in [-0.2, 0) is 14.2 Å². The Morgan fingerprint density at radius 2 is 2.11 bits per heavy atom. The minimum absolute atomic E-state index is 0.0296. The Morgan fingerprint density at radius 3 is 2.89 bits per heavy atom. The van der Waals surface area contributed by atoms with Gasteiger partial charge in [0.2, 0.25) is 0 Å². The maximum absolute atomic E-state index is 6.48. The van der Waals surface area contributed by atoms with Crippen molar-refractivity contribution in [1.29, 1.82) is 0 Å². The largest absolute Gasteiger partial charge is 0.382 e. The Kier molecular flexibility index (Phi) is 4.79. The fourth-order valence-electron chi connectivity index (χ4n) is 4.09. The summed E-state index contributed by atoms with van der Waals surface area (Å²) in [4.78, 5) is 15.1. The van der Waals surface area contributed by atoms with Gasteiger partial charge in [-0.2, -0.15) is 0 Å². The standard InChI is InChI=1S/C18H28N6O3/c1-5-6-23(4)8-11-7-12-14(27-18(2,3)26-12)17(25-11)24-10-22-13-15(19)20-9-21-16(13)24/h9-12,14,17H,5-8H2,1-4H3,(H2,19,20,21)/t11-,12?,14?,17?/m1/s1. The number of rotatable bonds is 5. The van der Waals surface area contributed by atoms with Gasteiger partial charge in [-0.15, -0.1) is 0 Å². The number of nitrogens with zero attached hydrogens (tertiary/aromatic N) is 5. The Hall–Kier alpha value is -1.81. The third-order valence-electron chi connectivity index (χ3n) is 5.11. The second-order valence-corrected chi connectivity index (χ2v) is 7.87. The Morgan fingerprint density at radius 1 is 1.30 bits per heavy atom. The zero-order valence-electron chi connectivity index (χ0n) is 16.3. The van der Waals surface area contributed by atoms with Crippen molar-refractivity contribution in [1.82, 2.24) is 24.4 Å². The number of aromatic nitrogens is 4. The molecule has 148 valence electrons. The van der Waals surface area contributed by atoms with Gasteiger partial charge in [0.05, 0.1) is 18.5 Å². The molecular formula is C18H28N6O3. The second-order valence-electron chi connectivity index (χ2n) is 7.87. The normalized spacial score (nSPS) is 30.1. The molecule has 0 aliphatic carbocycles. The summed E-state index contributed by atoms with van der Waals surface area (Å²) in [5, 5.41) is 0. The van der Waals surface area contributed by atoms with E-state index in [9.17, 15) is 0 Å². The fourth-order valence-corrected chi connectivity index (χ4v) is 4.09. The Balaban J connectivity index is 1.66. The van der Waals surface area contributed by atoms with Crippen LogP contribution >= 0.6 is 0 Å². The molecule has 2 fully saturated rings. The number of hydrogen-bond acceptors (Lipinski definition) is 8. The van der Waals surface area contributed by atoms with E-state index in [0.717, 1.165) is 25.9 Å². The van der Waals surface area contributed by atoms with Crippen LogP contribution in [0.3, 0.4) is 0 Å². The molecule has 2 N–H and O–H groups in total. The van der Waals surface area contributed by atoms with E-state index in [1.807, 2.05) is 18.4 Å². The van der Waals surface area contributed by atoms with E-state index in [2.05, 4.69) is 33.8 Å². The minimum atomic E-state index is -0.647. The molecule has 4 atom stereocenters. The van der Waals surface area contributed by atoms with Crippen LogP contribution in [0.1, 0.15) is 39.8 Å². The van der Waals surface area contributed by atoms with Crippen molar-refractivity contribution >= 4 is 17.0 Å². The molecule has 0 aromatic carbocycles. The van der Waals surface area contributed by atoms with Gasteiger partial charge in [-0.1, -0.05) is 6.92 Å². The molecule has 2 aromatic rings. The highest BCUT2D eigenvalue weighted by Gasteiger charge is 2.51. The van der Waals surface area contributed by atoms with Crippen molar-refractivity contribution in [2.75, 3.05) is 25.9 Å². The van der Waals surface area contributed by atoms with Crippen molar-refractivity contribution < 1.29 is 14.2 Å². The molecule has 0 radical (unpaired) electrons. The summed E-state index contributed by atoms with van der Waals surface area (Å²) in [6, 6.07) is 0. The van der Waals surface area contributed by atoms with Gasteiger partial charge in [-0.05, 0) is 33.9 Å². The minimum Gasteiger partial charge on any atom is -0.382 e. The zero-order chi connectivity index (χ0) is 19.2. The first kappa shape index (κ1) is 18.5. The van der Waals surface area contributed by atoms with E-state index in [1.165, 1.54) is 6.33 Å². The topological polar surface area (TPSA) is 101 Å². The van der Waals surface area contributed by atoms with Crippen LogP contribution in [0.5, 0.6) is 0 Å². The van der Waals surface area contributed by atoms with Crippen LogP contribution < -0.4 is 5.73 Å². The van der Waals surface area contributed by atoms with Gasteiger partial charge < -0.3 is 24.8 Å². The molecule has 4 heterocycles. The number of nitrogens with two attached hydrogens (primary N) is 1. The molecule has 0 bridgehead atoms. The first-order chi connectivity index (χ1) is 12.9. The van der Waals surface area contributed by atoms with Crippen LogP contribution in [0.4, 0.5) is 5.82 Å². The summed E-state index contributed by atoms with van der Waals surface area (Å²) in [6.07, 6.45) is 4.41. The van der Waals surface area contributed by atoms with E-state index >= 15 is 0 Å². The SMILES string of the molecule is CCCN(C)C[C@H]1CC2OC(C)(C)OC2C(n2cnc3c(N)ncnc32)O1. The molecule has 9 heteroatoms. The third-order valence-corrected chi connectivity index (χ3v) is 5.11. The monoisotopic (exact) mass is 376 g/mol. The summed E-state index contributed by atoms with van der Waals surface area (Å²) < 4.78 is 20.7. The maximum Gasteiger partial charge on any atom is 0.167 e. The van der Waals surface area contributed by atoms with E-state index in [-0.39, 0.29) is 24.5 Å². The van der Waals surface area contributed by atoms with E-state index in [4.69, 9.17) is 19.9 Å². The number of nitrogen functional groups attached to an aromatic ring is 1. The number of likely N-dealkylation sites (N-methyl/N-ethyl adjacent to an activating group) is 1. The lowest BCUT2D eigenvalue weighted by Crippen LogP contribution is -2.47. The summed E-state index contributed by atoms with van der Waals surface area (Å²) in [5.74, 6) is -0.291. The quantitative estimate of drug-likeness (QED) is 0.839. The van der Waals surface area contributed by atoms with Crippen LogP contribution in [0, 0.1) is 0 Å². The van der Waals surface area contributed by atoms with E-state index in [0.29, 0.717) is 17.0 Å². The summed E-state index contributed by atoms with van der Waals surface area (Å²) in [5.41, 5.74) is 7.16. The van der Waals surface area contributed by atoms with Gasteiger partial charge in [0.25, 0.3) is 0 Å². The van der Waals surface area contributed by atoms with Crippen molar-refractivity contribution in [2.45, 2.75) is 63.9 Å². The van der Waals surface area contributed by atoms with Crippen molar-refractivity contribution in [3.05, 3.63) is 12.7 Å². The summed E-state index contributed by atoms with van der Waals surface area (Å²) >= 11 is 0. The number of imidazole rings is 1. The Bertz CT molecular complexity index is 809. The lowest BCUT2D eigenvalue weighted by atomic mass is 10.0. The fraction of sp³-hybridized carbons (Fsp3) is 0.722. The molecule has 0 saturated carbocycles. The molecule has 0 spiro atoms. The van der Waals surface area contributed by atoms with Crippen LogP contribution in [0.25, 0.3) is 11.2 Å². The highest BCUT2D eigenvalue weighted by atomic mass is 16.8. The van der Waals surface area contributed by atoms with Crippen LogP contribution in [-0.4, -0.2) is 68.7 Å². The van der Waals surface area contributed by atoms with E-state index < -0.39 is 5.79 Å². The number of hydrogen-bond donors (Lipinski definition) is 1. The van der Waals surface area contributed by atoms with Crippen LogP contribution in [0.2, 0.25) is 0 Å². The molecule has 3 unspecified atom stereocenters. The van der Waals surface area contributed by atoms with Crippen molar-refractivity contribution in [3.8, 4) is 0 Å². The van der Waals surface area contributed by atoms with Gasteiger partial charge in [0.1, 0.15) is 17.9 Å². The first-order valence-electron chi connectivity index (χ1n) is 9.50. The first-order valence-corrected chi connectivity index (χ1v) is 9.50. The molecule has 0 amide bonds. The molecule has 2 aromatic heterocycles. The molecular weight excluding hydrogens is 348 g/mol. The highest BCUT2D eigenvalue weighted by molar-refractivity contribution is 5.81. The molecule has 2 aliphatic heterocycles. The average Bonchev–Trinajstić information content (AvgIpc) is 3.14. The number of fused-ring (bicyclic) bond motifs is 2. The van der Waals surface area contributed by atoms with Gasteiger partial charge in [0.15, 0.2) is 23.5 Å². The predicted molar refractivity (Wildman–Crippen MR) is 99.9 cm³/mol. The van der Waals surface area contributed by atoms with Gasteiger partial charge in [-0.3, -0.25) is 4.57 Å². The highest BCUT2D eigenvalue weighted by Crippen LogP contribution is 2.42. The van der Waals surface area contributed by atoms with Gasteiger partial charge in [0, 0.05) is 13.0 Å². The Labute approximate surface area is 158 Å². The molecule has 2 saturated heterocycles. The smallest absolute Gasteiger partial charge is 0.167 e. The number of ether oxygens (including phenoxy) is 3.